The SMILES string of the molecule is NC(=O)C[C@H]1CN(S(=O)(=O)c2cccc(F)c2)CC[C@@H]1Oc1ccc(F)cc1. The van der Waals surface area contributed by atoms with Gasteiger partial charge in [-0.2, -0.15) is 4.31 Å². The van der Waals surface area contributed by atoms with Crippen LogP contribution in [0.3, 0.4) is 0 Å². The highest BCUT2D eigenvalue weighted by Gasteiger charge is 2.37. The lowest BCUT2D eigenvalue weighted by Crippen LogP contribution is -2.48. The highest BCUT2D eigenvalue weighted by atomic mass is 32.2. The van der Waals surface area contributed by atoms with Crippen LogP contribution in [-0.2, 0) is 14.8 Å². The Labute approximate surface area is 162 Å². The number of carbonyl (C=O) groups excluding carboxylic acids is 1. The molecule has 1 aliphatic rings. The third kappa shape index (κ3) is 4.66. The quantitative estimate of drug-likeness (QED) is 0.791. The first-order chi connectivity index (χ1) is 13.3. The number of rotatable bonds is 6. The third-order valence-electron chi connectivity index (χ3n) is 4.63. The molecule has 1 saturated heterocycles. The molecule has 3 rings (SSSR count). The largest absolute Gasteiger partial charge is 0.490 e. The summed E-state index contributed by atoms with van der Waals surface area (Å²) in [6.07, 6.45) is -0.220. The first-order valence-corrected chi connectivity index (χ1v) is 10.2. The summed E-state index contributed by atoms with van der Waals surface area (Å²) in [6, 6.07) is 10.2. The maximum atomic E-state index is 13.5. The second-order valence-corrected chi connectivity index (χ2v) is 8.59. The van der Waals surface area contributed by atoms with E-state index in [1.807, 2.05) is 0 Å². The van der Waals surface area contributed by atoms with Crippen LogP contribution in [0.1, 0.15) is 12.8 Å². The summed E-state index contributed by atoms with van der Waals surface area (Å²) in [5.41, 5.74) is 5.32. The zero-order chi connectivity index (χ0) is 20.3. The number of ether oxygens (including phenoxy) is 1. The predicted molar refractivity (Wildman–Crippen MR) is 97.9 cm³/mol. The Kier molecular flexibility index (Phi) is 5.95. The van der Waals surface area contributed by atoms with Gasteiger partial charge in [-0.15, -0.1) is 0 Å². The second-order valence-electron chi connectivity index (χ2n) is 6.65. The number of carbonyl (C=O) groups is 1. The molecule has 2 aromatic carbocycles. The van der Waals surface area contributed by atoms with Gasteiger partial charge in [0.1, 0.15) is 23.5 Å². The zero-order valence-electron chi connectivity index (χ0n) is 14.9. The van der Waals surface area contributed by atoms with Crippen molar-refractivity contribution in [3.8, 4) is 5.75 Å². The molecule has 0 saturated carbocycles. The van der Waals surface area contributed by atoms with E-state index in [-0.39, 0.29) is 24.4 Å². The first-order valence-electron chi connectivity index (χ1n) is 8.72. The summed E-state index contributed by atoms with van der Waals surface area (Å²) >= 11 is 0. The summed E-state index contributed by atoms with van der Waals surface area (Å²) in [5.74, 6) is -1.70. The molecule has 28 heavy (non-hydrogen) atoms. The van der Waals surface area contributed by atoms with Crippen molar-refractivity contribution in [1.29, 1.82) is 0 Å². The van der Waals surface area contributed by atoms with Gasteiger partial charge in [0.25, 0.3) is 0 Å². The number of sulfonamides is 1. The molecule has 0 aliphatic carbocycles. The number of hydrogen-bond donors (Lipinski definition) is 1. The minimum absolute atomic E-state index is 0.00759. The summed E-state index contributed by atoms with van der Waals surface area (Å²) in [5, 5.41) is 0. The number of hydrogen-bond acceptors (Lipinski definition) is 4. The number of primary amides is 1. The molecular formula is C19H20F2N2O4S. The Morgan fingerprint density at radius 3 is 2.50 bits per heavy atom. The summed E-state index contributed by atoms with van der Waals surface area (Å²) < 4.78 is 59.3. The van der Waals surface area contributed by atoms with Gasteiger partial charge in [0.05, 0.1) is 4.90 Å². The van der Waals surface area contributed by atoms with Crippen molar-refractivity contribution in [3.63, 3.8) is 0 Å². The number of benzene rings is 2. The molecule has 1 fully saturated rings. The molecule has 1 heterocycles. The molecular weight excluding hydrogens is 390 g/mol. The fourth-order valence-electron chi connectivity index (χ4n) is 3.27. The van der Waals surface area contributed by atoms with Crippen molar-refractivity contribution in [2.24, 2.45) is 11.7 Å². The van der Waals surface area contributed by atoms with E-state index in [9.17, 15) is 22.0 Å². The lowest BCUT2D eigenvalue weighted by molar-refractivity contribution is -0.120. The van der Waals surface area contributed by atoms with E-state index < -0.39 is 39.6 Å². The van der Waals surface area contributed by atoms with Crippen LogP contribution in [0.25, 0.3) is 0 Å². The minimum atomic E-state index is -3.92. The number of nitrogens with zero attached hydrogens (tertiary/aromatic N) is 1. The van der Waals surface area contributed by atoms with Crippen LogP contribution in [0.4, 0.5) is 8.78 Å². The fraction of sp³-hybridized carbons (Fsp3) is 0.316. The number of nitrogens with two attached hydrogens (primary N) is 1. The Bertz CT molecular complexity index is 951. The maximum Gasteiger partial charge on any atom is 0.243 e. The highest BCUT2D eigenvalue weighted by molar-refractivity contribution is 7.89. The Hall–Kier alpha value is -2.52. The lowest BCUT2D eigenvalue weighted by atomic mass is 9.92. The third-order valence-corrected chi connectivity index (χ3v) is 6.49. The number of piperidine rings is 1. The van der Waals surface area contributed by atoms with E-state index in [4.69, 9.17) is 10.5 Å². The van der Waals surface area contributed by atoms with Crippen LogP contribution in [0.2, 0.25) is 0 Å². The Balaban J connectivity index is 1.79. The van der Waals surface area contributed by atoms with Gasteiger partial charge in [-0.3, -0.25) is 4.79 Å². The Morgan fingerprint density at radius 1 is 1.14 bits per heavy atom. The van der Waals surface area contributed by atoms with Gasteiger partial charge < -0.3 is 10.5 Å². The van der Waals surface area contributed by atoms with E-state index in [2.05, 4.69) is 0 Å². The summed E-state index contributed by atoms with van der Waals surface area (Å²) in [7, 11) is -3.92. The van der Waals surface area contributed by atoms with Crippen molar-refractivity contribution in [2.45, 2.75) is 23.8 Å². The van der Waals surface area contributed by atoms with Gasteiger partial charge in [0.15, 0.2) is 0 Å². The van der Waals surface area contributed by atoms with E-state index in [0.717, 1.165) is 12.1 Å². The molecule has 0 radical (unpaired) electrons. The minimum Gasteiger partial charge on any atom is -0.490 e. The molecule has 0 aromatic heterocycles. The van der Waals surface area contributed by atoms with Crippen molar-refractivity contribution >= 4 is 15.9 Å². The van der Waals surface area contributed by atoms with Crippen molar-refractivity contribution in [1.82, 2.24) is 4.31 Å². The monoisotopic (exact) mass is 410 g/mol. The topological polar surface area (TPSA) is 89.7 Å². The van der Waals surface area contributed by atoms with Crippen molar-refractivity contribution < 1.29 is 26.7 Å². The predicted octanol–water partition coefficient (Wildman–Crippen LogP) is 2.30. The highest BCUT2D eigenvalue weighted by Crippen LogP contribution is 2.29. The van der Waals surface area contributed by atoms with Crippen LogP contribution < -0.4 is 10.5 Å². The summed E-state index contributed by atoms with van der Waals surface area (Å²) in [4.78, 5) is 11.3. The summed E-state index contributed by atoms with van der Waals surface area (Å²) in [6.45, 7) is 0.146. The molecule has 9 heteroatoms. The van der Waals surface area contributed by atoms with Gasteiger partial charge in [0.2, 0.25) is 15.9 Å². The number of halogens is 2. The van der Waals surface area contributed by atoms with E-state index in [1.165, 1.54) is 40.7 Å². The molecule has 1 aliphatic heterocycles. The maximum absolute atomic E-state index is 13.5. The molecule has 1 amide bonds. The van der Waals surface area contributed by atoms with E-state index in [0.29, 0.717) is 12.2 Å². The zero-order valence-corrected chi connectivity index (χ0v) is 15.7. The van der Waals surface area contributed by atoms with Crippen LogP contribution in [0, 0.1) is 17.6 Å². The smallest absolute Gasteiger partial charge is 0.243 e. The van der Waals surface area contributed by atoms with Gasteiger partial charge >= 0.3 is 0 Å². The molecule has 0 bridgehead atoms. The molecule has 0 unspecified atom stereocenters. The first kappa shape index (κ1) is 20.2. The van der Waals surface area contributed by atoms with Gasteiger partial charge in [-0.25, -0.2) is 17.2 Å². The van der Waals surface area contributed by atoms with Crippen LogP contribution in [-0.4, -0.2) is 37.8 Å². The number of amides is 1. The molecule has 2 aromatic rings. The molecule has 2 atom stereocenters. The van der Waals surface area contributed by atoms with Crippen molar-refractivity contribution in [2.75, 3.05) is 13.1 Å². The normalized spacial score (nSPS) is 20.6. The molecule has 150 valence electrons. The lowest BCUT2D eigenvalue weighted by Gasteiger charge is -2.37. The Morgan fingerprint density at radius 2 is 1.86 bits per heavy atom. The standard InChI is InChI=1S/C19H20F2N2O4S/c20-14-4-6-16(7-5-14)27-18-8-9-23(12-13(18)10-19(22)24)28(25,26)17-3-1-2-15(21)11-17/h1-7,11,13,18H,8-10,12H2,(H2,22,24)/t13-,18-/m0/s1. The van der Waals surface area contributed by atoms with Gasteiger partial charge in [-0.05, 0) is 48.9 Å². The van der Waals surface area contributed by atoms with Crippen LogP contribution >= 0.6 is 0 Å². The fourth-order valence-corrected chi connectivity index (χ4v) is 4.81. The van der Waals surface area contributed by atoms with Crippen LogP contribution in [0.15, 0.2) is 53.4 Å². The van der Waals surface area contributed by atoms with Crippen molar-refractivity contribution in [3.05, 3.63) is 60.2 Å². The second kappa shape index (κ2) is 8.24. The molecule has 0 spiro atoms. The molecule has 2 N–H and O–H groups in total. The van der Waals surface area contributed by atoms with Crippen LogP contribution in [0.5, 0.6) is 5.75 Å². The molecule has 6 nitrogen and oxygen atoms in total. The average Bonchev–Trinajstić information content (AvgIpc) is 2.64. The van der Waals surface area contributed by atoms with E-state index in [1.54, 1.807) is 0 Å². The average molecular weight is 410 g/mol. The van der Waals surface area contributed by atoms with Gasteiger partial charge in [-0.1, -0.05) is 6.07 Å². The van der Waals surface area contributed by atoms with Gasteiger partial charge in [0, 0.05) is 25.4 Å². The van der Waals surface area contributed by atoms with E-state index >= 15 is 0 Å².